The molecule has 0 aromatic carbocycles. The summed E-state index contributed by atoms with van der Waals surface area (Å²) in [5, 5.41) is 0. The van der Waals surface area contributed by atoms with Crippen molar-refractivity contribution < 1.29 is 23.8 Å². The minimum Gasteiger partial charge on any atom is -0.447 e. The second-order valence-corrected chi connectivity index (χ2v) is 5.42. The number of thioether (sulfide) groups is 1. The van der Waals surface area contributed by atoms with E-state index in [9.17, 15) is 9.59 Å². The fourth-order valence-corrected chi connectivity index (χ4v) is 2.19. The van der Waals surface area contributed by atoms with Crippen molar-refractivity contribution >= 4 is 23.7 Å². The molecule has 0 spiro atoms. The summed E-state index contributed by atoms with van der Waals surface area (Å²) in [6.07, 6.45) is -0.292. The van der Waals surface area contributed by atoms with E-state index in [0.29, 0.717) is 25.2 Å². The molecule has 0 aromatic heterocycles. The van der Waals surface area contributed by atoms with Gasteiger partial charge in [-0.25, -0.2) is 9.59 Å². The molecular weight excluding hydrogens is 268 g/mol. The molecule has 0 radical (unpaired) electrons. The molecule has 0 aliphatic carbocycles. The zero-order valence-corrected chi connectivity index (χ0v) is 12.2. The topological polar surface area (TPSA) is 61.8 Å². The van der Waals surface area contributed by atoms with Gasteiger partial charge in [-0.2, -0.15) is 11.8 Å². The zero-order valence-electron chi connectivity index (χ0n) is 11.3. The molecule has 0 aromatic rings. The van der Waals surface area contributed by atoms with Crippen LogP contribution < -0.4 is 0 Å². The van der Waals surface area contributed by atoms with Gasteiger partial charge in [-0.15, -0.1) is 0 Å². The molecule has 2 unspecified atom stereocenters. The summed E-state index contributed by atoms with van der Waals surface area (Å²) in [6.45, 7) is 7.49. The largest absolute Gasteiger partial charge is 0.447 e. The average Bonchev–Trinajstić information content (AvgIpc) is 2.39. The van der Waals surface area contributed by atoms with E-state index in [2.05, 4.69) is 6.58 Å². The number of ether oxygens (including phenoxy) is 3. The fourth-order valence-electron chi connectivity index (χ4n) is 1.46. The van der Waals surface area contributed by atoms with E-state index in [0.717, 1.165) is 5.75 Å². The summed E-state index contributed by atoms with van der Waals surface area (Å²) in [5.74, 6) is 0.383. The van der Waals surface area contributed by atoms with E-state index in [-0.39, 0.29) is 5.57 Å². The van der Waals surface area contributed by atoms with E-state index >= 15 is 0 Å². The molecule has 0 N–H and O–H groups in total. The molecule has 108 valence electrons. The van der Waals surface area contributed by atoms with Crippen LogP contribution in [0.25, 0.3) is 0 Å². The molecule has 0 amide bonds. The summed E-state index contributed by atoms with van der Waals surface area (Å²) >= 11 is 1.66. The van der Waals surface area contributed by atoms with E-state index < -0.39 is 24.3 Å². The first kappa shape index (κ1) is 16.0. The van der Waals surface area contributed by atoms with E-state index in [4.69, 9.17) is 14.2 Å². The van der Waals surface area contributed by atoms with Crippen LogP contribution in [0.2, 0.25) is 0 Å². The summed E-state index contributed by atoms with van der Waals surface area (Å²) in [5.41, 5.74) is 0.262. The number of hydrogen-bond acceptors (Lipinski definition) is 6. The quantitative estimate of drug-likeness (QED) is 0.549. The van der Waals surface area contributed by atoms with Crippen molar-refractivity contribution in [3.63, 3.8) is 0 Å². The van der Waals surface area contributed by atoms with Crippen LogP contribution in [-0.2, 0) is 23.8 Å². The van der Waals surface area contributed by atoms with Crippen molar-refractivity contribution in [2.24, 2.45) is 0 Å². The molecule has 0 bridgehead atoms. The Morgan fingerprint density at radius 3 is 2.79 bits per heavy atom. The molecular formula is C13H20O5S. The van der Waals surface area contributed by atoms with Crippen molar-refractivity contribution in [1.82, 2.24) is 0 Å². The van der Waals surface area contributed by atoms with Gasteiger partial charge in [-0.1, -0.05) is 19.9 Å². The Hall–Kier alpha value is -1.01. The third-order valence-electron chi connectivity index (χ3n) is 2.44. The number of carbonyl (C=O) groups excluding carboxylic acids is 2. The van der Waals surface area contributed by atoms with Gasteiger partial charge >= 0.3 is 11.9 Å². The van der Waals surface area contributed by atoms with Crippen LogP contribution in [-0.4, -0.2) is 42.4 Å². The van der Waals surface area contributed by atoms with Gasteiger partial charge in [0.1, 0.15) is 0 Å². The maximum absolute atomic E-state index is 11.9. The molecule has 5 nitrogen and oxygen atoms in total. The maximum atomic E-state index is 11.9. The van der Waals surface area contributed by atoms with Crippen molar-refractivity contribution in [1.29, 1.82) is 0 Å². The van der Waals surface area contributed by atoms with Gasteiger partial charge in [0, 0.05) is 11.3 Å². The first-order valence-electron chi connectivity index (χ1n) is 6.31. The van der Waals surface area contributed by atoms with Crippen LogP contribution in [0.15, 0.2) is 12.2 Å². The van der Waals surface area contributed by atoms with Gasteiger partial charge in [-0.3, -0.25) is 0 Å². The van der Waals surface area contributed by atoms with Crippen LogP contribution >= 0.6 is 11.8 Å². The van der Waals surface area contributed by atoms with Gasteiger partial charge in [0.25, 0.3) is 0 Å². The fraction of sp³-hybridized carbons (Fsp3) is 0.692. The molecule has 2 atom stereocenters. The SMILES string of the molecule is C=C(C)C(=O)OC(CCC)C(=O)OC1CSCCO1. The Bertz CT molecular complexity index is 336. The second-order valence-electron chi connectivity index (χ2n) is 4.28. The lowest BCUT2D eigenvalue weighted by atomic mass is 10.2. The molecule has 6 heteroatoms. The highest BCUT2D eigenvalue weighted by molar-refractivity contribution is 7.99. The standard InChI is InChI=1S/C13H20O5S/c1-4-5-10(17-12(14)9(2)3)13(15)18-11-8-19-7-6-16-11/h10-11H,2,4-8H2,1,3H3. The summed E-state index contributed by atoms with van der Waals surface area (Å²) in [4.78, 5) is 23.4. The van der Waals surface area contributed by atoms with Gasteiger partial charge in [0.2, 0.25) is 6.29 Å². The van der Waals surface area contributed by atoms with E-state index in [1.807, 2.05) is 6.92 Å². The molecule has 1 aliphatic rings. The smallest absolute Gasteiger partial charge is 0.349 e. The molecule has 1 aliphatic heterocycles. The van der Waals surface area contributed by atoms with Gasteiger partial charge in [0.15, 0.2) is 6.10 Å². The Labute approximate surface area is 117 Å². The minimum atomic E-state index is -0.885. The predicted octanol–water partition coefficient (Wildman–Crippen LogP) is 1.91. The maximum Gasteiger partial charge on any atom is 0.349 e. The minimum absolute atomic E-state index is 0.262. The summed E-state index contributed by atoms with van der Waals surface area (Å²) in [7, 11) is 0. The van der Waals surface area contributed by atoms with Crippen LogP contribution in [0.3, 0.4) is 0 Å². The van der Waals surface area contributed by atoms with Crippen molar-refractivity contribution in [2.75, 3.05) is 18.1 Å². The monoisotopic (exact) mass is 288 g/mol. The first-order valence-corrected chi connectivity index (χ1v) is 7.46. The highest BCUT2D eigenvalue weighted by Crippen LogP contribution is 2.16. The lowest BCUT2D eigenvalue weighted by Gasteiger charge is -2.24. The molecule has 0 saturated carbocycles. The highest BCUT2D eigenvalue weighted by Gasteiger charge is 2.28. The van der Waals surface area contributed by atoms with Crippen molar-refractivity contribution in [3.05, 3.63) is 12.2 Å². The zero-order chi connectivity index (χ0) is 14.3. The van der Waals surface area contributed by atoms with Crippen molar-refractivity contribution in [3.8, 4) is 0 Å². The normalized spacial score (nSPS) is 20.4. The Morgan fingerprint density at radius 1 is 1.53 bits per heavy atom. The number of carbonyl (C=O) groups is 2. The van der Waals surface area contributed by atoms with Gasteiger partial charge in [0.05, 0.1) is 12.4 Å². The number of hydrogen-bond donors (Lipinski definition) is 0. The second kappa shape index (κ2) is 8.22. The lowest BCUT2D eigenvalue weighted by Crippen LogP contribution is -2.36. The molecule has 1 saturated heterocycles. The third kappa shape index (κ3) is 5.65. The number of rotatable bonds is 6. The lowest BCUT2D eigenvalue weighted by molar-refractivity contribution is -0.188. The van der Waals surface area contributed by atoms with Crippen LogP contribution in [0.1, 0.15) is 26.7 Å². The Morgan fingerprint density at radius 2 is 2.26 bits per heavy atom. The highest BCUT2D eigenvalue weighted by atomic mass is 32.2. The average molecular weight is 288 g/mol. The first-order chi connectivity index (χ1) is 9.04. The van der Waals surface area contributed by atoms with E-state index in [1.54, 1.807) is 11.8 Å². The Balaban J connectivity index is 2.51. The molecule has 1 heterocycles. The summed E-state index contributed by atoms with van der Waals surface area (Å²) < 4.78 is 15.6. The predicted molar refractivity (Wildman–Crippen MR) is 72.8 cm³/mol. The van der Waals surface area contributed by atoms with Gasteiger partial charge in [-0.05, 0) is 13.3 Å². The van der Waals surface area contributed by atoms with Crippen molar-refractivity contribution in [2.45, 2.75) is 39.1 Å². The van der Waals surface area contributed by atoms with Gasteiger partial charge < -0.3 is 14.2 Å². The molecule has 19 heavy (non-hydrogen) atoms. The summed E-state index contributed by atoms with van der Waals surface area (Å²) in [6, 6.07) is 0. The van der Waals surface area contributed by atoms with Crippen LogP contribution in [0.4, 0.5) is 0 Å². The molecule has 1 fully saturated rings. The van der Waals surface area contributed by atoms with E-state index in [1.165, 1.54) is 6.92 Å². The van der Waals surface area contributed by atoms with Crippen LogP contribution in [0.5, 0.6) is 0 Å². The number of esters is 2. The van der Waals surface area contributed by atoms with Crippen LogP contribution in [0, 0.1) is 0 Å². The third-order valence-corrected chi connectivity index (χ3v) is 3.41. The Kier molecular flexibility index (Phi) is 6.94. The molecule has 1 rings (SSSR count).